The monoisotopic (exact) mass is 679 g/mol. The van der Waals surface area contributed by atoms with Gasteiger partial charge < -0.3 is 10.2 Å². The van der Waals surface area contributed by atoms with Crippen molar-refractivity contribution in [2.24, 2.45) is 0 Å². The zero-order chi connectivity index (χ0) is 33.4. The highest BCUT2D eigenvalue weighted by molar-refractivity contribution is 7.92. The van der Waals surface area contributed by atoms with E-state index in [1.165, 1.54) is 17.0 Å². The molecule has 7 nitrogen and oxygen atoms in total. The number of hydrogen-bond donors (Lipinski definition) is 1. The van der Waals surface area contributed by atoms with Crippen LogP contribution in [-0.4, -0.2) is 43.8 Å². The van der Waals surface area contributed by atoms with Crippen molar-refractivity contribution in [1.82, 2.24) is 10.2 Å². The largest absolute Gasteiger partial charge is 0.352 e. The molecule has 0 bridgehead atoms. The number of nitrogens with zero attached hydrogens (tertiary/aromatic N) is 2. The van der Waals surface area contributed by atoms with Crippen molar-refractivity contribution >= 4 is 50.7 Å². The molecule has 4 aromatic rings. The Hall–Kier alpha value is -3.85. The molecule has 0 saturated heterocycles. The maximum Gasteiger partial charge on any atom is 0.264 e. The fraction of sp³-hybridized carbons (Fsp3) is 0.278. The Morgan fingerprint density at radius 2 is 1.48 bits per heavy atom. The minimum absolute atomic E-state index is 0.00677. The summed E-state index contributed by atoms with van der Waals surface area (Å²) in [7, 11) is -4.19. The Kier molecular flexibility index (Phi) is 11.9. The van der Waals surface area contributed by atoms with Gasteiger partial charge in [0, 0.05) is 19.0 Å². The van der Waals surface area contributed by atoms with E-state index in [-0.39, 0.29) is 29.8 Å². The molecule has 0 heterocycles. The predicted octanol–water partition coefficient (Wildman–Crippen LogP) is 7.36. The molecule has 0 aliphatic heterocycles. The number of rotatable bonds is 13. The lowest BCUT2D eigenvalue weighted by molar-refractivity contribution is -0.140. The molecule has 0 saturated carbocycles. The average molecular weight is 681 g/mol. The number of nitrogens with one attached hydrogen (secondary N) is 1. The lowest BCUT2D eigenvalue weighted by Crippen LogP contribution is -2.54. The van der Waals surface area contributed by atoms with Crippen LogP contribution in [0.4, 0.5) is 5.69 Å². The molecule has 0 radical (unpaired) electrons. The van der Waals surface area contributed by atoms with Crippen molar-refractivity contribution in [2.75, 3.05) is 10.8 Å². The Morgan fingerprint density at radius 3 is 2.11 bits per heavy atom. The molecule has 2 atom stereocenters. The summed E-state index contributed by atoms with van der Waals surface area (Å²) in [6, 6.07) is 26.8. The third-order valence-electron chi connectivity index (χ3n) is 7.85. The molecule has 242 valence electrons. The fourth-order valence-corrected chi connectivity index (χ4v) is 6.86. The first-order valence-corrected chi connectivity index (χ1v) is 17.3. The van der Waals surface area contributed by atoms with Crippen molar-refractivity contribution in [1.29, 1.82) is 0 Å². The van der Waals surface area contributed by atoms with Gasteiger partial charge in [0.15, 0.2) is 0 Å². The van der Waals surface area contributed by atoms with Crippen molar-refractivity contribution in [3.8, 4) is 0 Å². The molecule has 1 N–H and O–H groups in total. The molecule has 10 heteroatoms. The van der Waals surface area contributed by atoms with Crippen LogP contribution in [0.1, 0.15) is 42.5 Å². The minimum atomic E-state index is -4.19. The van der Waals surface area contributed by atoms with Crippen LogP contribution in [0, 0.1) is 13.8 Å². The van der Waals surface area contributed by atoms with Gasteiger partial charge >= 0.3 is 0 Å². The molecule has 46 heavy (non-hydrogen) atoms. The van der Waals surface area contributed by atoms with Crippen LogP contribution in [0.3, 0.4) is 0 Å². The van der Waals surface area contributed by atoms with Crippen molar-refractivity contribution in [2.45, 2.75) is 64.1 Å². The first-order valence-electron chi connectivity index (χ1n) is 15.1. The standard InChI is InChI=1S/C36H39Cl2N3O4S/c1-5-27(4)39-36(43)34(22-28-12-8-6-9-13-28)40(23-29-18-19-31(37)32(38)21-29)35(42)24-41(33-20-25(2)16-17-26(33)3)46(44,45)30-14-10-7-11-15-30/h6-21,27,34H,5,22-24H2,1-4H3,(H,39,43)/t27-,34-/m0/s1. The van der Waals surface area contributed by atoms with E-state index < -0.39 is 28.5 Å². The van der Waals surface area contributed by atoms with E-state index in [1.54, 1.807) is 49.4 Å². The van der Waals surface area contributed by atoms with Crippen molar-refractivity contribution < 1.29 is 18.0 Å². The number of sulfonamides is 1. The summed E-state index contributed by atoms with van der Waals surface area (Å²) in [5, 5.41) is 3.70. The number of anilines is 1. The second-order valence-corrected chi connectivity index (χ2v) is 14.1. The van der Waals surface area contributed by atoms with Gasteiger partial charge in [-0.3, -0.25) is 13.9 Å². The van der Waals surface area contributed by atoms with Gasteiger partial charge in [-0.25, -0.2) is 8.42 Å². The quantitative estimate of drug-likeness (QED) is 0.160. The molecule has 0 aromatic heterocycles. The smallest absolute Gasteiger partial charge is 0.264 e. The Balaban J connectivity index is 1.85. The van der Waals surface area contributed by atoms with E-state index in [0.717, 1.165) is 15.4 Å². The normalized spacial score (nSPS) is 12.7. The molecule has 0 aliphatic rings. The molecule has 0 aliphatic carbocycles. The van der Waals surface area contributed by atoms with Gasteiger partial charge in [-0.15, -0.1) is 0 Å². The Labute approximate surface area is 282 Å². The van der Waals surface area contributed by atoms with Crippen LogP contribution in [0.5, 0.6) is 0 Å². The summed E-state index contributed by atoms with van der Waals surface area (Å²) in [5.74, 6) is -0.887. The third kappa shape index (κ3) is 8.69. The van der Waals surface area contributed by atoms with E-state index in [1.807, 2.05) is 63.2 Å². The summed E-state index contributed by atoms with van der Waals surface area (Å²) >= 11 is 12.6. The molecule has 4 aromatic carbocycles. The summed E-state index contributed by atoms with van der Waals surface area (Å²) in [4.78, 5) is 30.1. The number of hydrogen-bond acceptors (Lipinski definition) is 4. The Morgan fingerprint density at radius 1 is 0.826 bits per heavy atom. The number of halogens is 2. The van der Waals surface area contributed by atoms with Gasteiger partial charge in [-0.2, -0.15) is 0 Å². The highest BCUT2D eigenvalue weighted by Gasteiger charge is 2.35. The lowest BCUT2D eigenvalue weighted by Gasteiger charge is -2.34. The molecule has 0 spiro atoms. The van der Waals surface area contributed by atoms with Gasteiger partial charge in [-0.05, 0) is 79.8 Å². The zero-order valence-corrected chi connectivity index (χ0v) is 28.7. The van der Waals surface area contributed by atoms with Gasteiger partial charge in [0.05, 0.1) is 20.6 Å². The van der Waals surface area contributed by atoms with Crippen LogP contribution in [0.25, 0.3) is 0 Å². The Bertz CT molecular complexity index is 1770. The minimum Gasteiger partial charge on any atom is -0.352 e. The van der Waals surface area contributed by atoms with E-state index in [0.29, 0.717) is 33.3 Å². The maximum absolute atomic E-state index is 14.6. The molecule has 0 fully saturated rings. The van der Waals surface area contributed by atoms with Gasteiger partial charge in [0.25, 0.3) is 10.0 Å². The molecule has 4 rings (SSSR count). The van der Waals surface area contributed by atoms with Crippen LogP contribution < -0.4 is 9.62 Å². The summed E-state index contributed by atoms with van der Waals surface area (Å²) < 4.78 is 29.6. The van der Waals surface area contributed by atoms with Crippen LogP contribution >= 0.6 is 23.2 Å². The lowest BCUT2D eigenvalue weighted by atomic mass is 10.0. The third-order valence-corrected chi connectivity index (χ3v) is 10.4. The topological polar surface area (TPSA) is 86.8 Å². The SMILES string of the molecule is CC[C@H](C)NC(=O)[C@H](Cc1ccccc1)N(Cc1ccc(Cl)c(Cl)c1)C(=O)CN(c1cc(C)ccc1C)S(=O)(=O)c1ccccc1. The van der Waals surface area contributed by atoms with Crippen molar-refractivity contribution in [3.05, 3.63) is 129 Å². The molecular formula is C36H39Cl2N3O4S. The number of carbonyl (C=O) groups excluding carboxylic acids is 2. The van der Waals surface area contributed by atoms with Gasteiger partial charge in [0.2, 0.25) is 11.8 Å². The second kappa shape index (κ2) is 15.6. The zero-order valence-electron chi connectivity index (χ0n) is 26.4. The average Bonchev–Trinajstić information content (AvgIpc) is 3.05. The summed E-state index contributed by atoms with van der Waals surface area (Å²) in [6.45, 7) is 6.99. The first kappa shape index (κ1) is 35.0. The van der Waals surface area contributed by atoms with Crippen molar-refractivity contribution in [3.63, 3.8) is 0 Å². The highest BCUT2D eigenvalue weighted by Crippen LogP contribution is 2.29. The van der Waals surface area contributed by atoms with Crippen LogP contribution in [0.15, 0.2) is 102 Å². The maximum atomic E-state index is 14.6. The van der Waals surface area contributed by atoms with Gasteiger partial charge in [0.1, 0.15) is 12.6 Å². The molecule has 2 amide bonds. The second-order valence-electron chi connectivity index (χ2n) is 11.4. The van der Waals surface area contributed by atoms with E-state index in [9.17, 15) is 18.0 Å². The number of aryl methyl sites for hydroxylation is 2. The molecular weight excluding hydrogens is 641 g/mol. The number of carbonyl (C=O) groups is 2. The molecule has 0 unspecified atom stereocenters. The highest BCUT2D eigenvalue weighted by atomic mass is 35.5. The van der Waals surface area contributed by atoms with Gasteiger partial charge in [-0.1, -0.05) is 96.9 Å². The summed E-state index contributed by atoms with van der Waals surface area (Å²) in [6.07, 6.45) is 0.908. The van der Waals surface area contributed by atoms with Crippen LogP contribution in [0.2, 0.25) is 10.0 Å². The fourth-order valence-electron chi connectivity index (χ4n) is 5.05. The first-order chi connectivity index (χ1) is 21.9. The predicted molar refractivity (Wildman–Crippen MR) is 186 cm³/mol. The van der Waals surface area contributed by atoms with E-state index in [2.05, 4.69) is 5.32 Å². The van der Waals surface area contributed by atoms with E-state index >= 15 is 0 Å². The van der Waals surface area contributed by atoms with E-state index in [4.69, 9.17) is 23.2 Å². The number of benzene rings is 4. The number of amides is 2. The summed E-state index contributed by atoms with van der Waals surface area (Å²) in [5.41, 5.74) is 3.40. The van der Waals surface area contributed by atoms with Crippen LogP contribution in [-0.2, 0) is 32.6 Å².